The molecule has 0 aromatic carbocycles. The third-order valence-corrected chi connectivity index (χ3v) is 2.95. The zero-order valence-electron chi connectivity index (χ0n) is 7.13. The summed E-state index contributed by atoms with van der Waals surface area (Å²) in [6.07, 6.45) is 2.93. The molecule has 1 N–H and O–H groups in total. The van der Waals surface area contributed by atoms with Crippen LogP contribution < -0.4 is 5.32 Å². The lowest BCUT2D eigenvalue weighted by atomic mass is 10.1. The Morgan fingerprint density at radius 3 is 2.92 bits per heavy atom. The fourth-order valence-corrected chi connectivity index (χ4v) is 1.51. The number of hydrogen-bond donors (Lipinski definition) is 1. The van der Waals surface area contributed by atoms with Crippen LogP contribution >= 0.6 is 11.3 Å². The zero-order chi connectivity index (χ0) is 9.47. The monoisotopic (exact) mass is 200 g/mol. The highest BCUT2D eigenvalue weighted by atomic mass is 32.1. The van der Waals surface area contributed by atoms with Crippen molar-refractivity contribution in [1.82, 2.24) is 4.98 Å². The minimum Gasteiger partial charge on any atom is -0.301 e. The van der Waals surface area contributed by atoms with Crippen LogP contribution in [0.15, 0.2) is 6.20 Å². The molecule has 1 aliphatic carbocycles. The van der Waals surface area contributed by atoms with Gasteiger partial charge in [0.05, 0.1) is 6.20 Å². The maximum Gasteiger partial charge on any atom is 0.232 e. The number of anilines is 1. The van der Waals surface area contributed by atoms with Crippen molar-refractivity contribution in [3.63, 3.8) is 0 Å². The Kier molecular flexibility index (Phi) is 1.83. The molecule has 1 fully saturated rings. The van der Waals surface area contributed by atoms with Crippen molar-refractivity contribution in [2.45, 2.75) is 19.8 Å². The Morgan fingerprint density at radius 2 is 2.46 bits per heavy atom. The molecule has 1 aromatic rings. The fraction of sp³-hybridized carbons (Fsp3) is 0.500. The van der Waals surface area contributed by atoms with Gasteiger partial charge in [0.15, 0.2) is 10.3 Å². The molecule has 1 aromatic heterocycles. The van der Waals surface area contributed by atoms with Crippen LogP contribution in [0.1, 0.15) is 19.8 Å². The van der Waals surface area contributed by atoms with E-state index in [1.54, 1.807) is 0 Å². The molecule has 1 amide bonds. The number of aromatic nitrogens is 1. The van der Waals surface area contributed by atoms with Gasteiger partial charge < -0.3 is 5.32 Å². The first kappa shape index (κ1) is 8.62. The van der Waals surface area contributed by atoms with Gasteiger partial charge in [0.1, 0.15) is 0 Å². The summed E-state index contributed by atoms with van der Waals surface area (Å²) >= 11 is 0.850. The Balaban J connectivity index is 2.02. The van der Waals surface area contributed by atoms with E-state index < -0.39 is 0 Å². The molecule has 13 heavy (non-hydrogen) atoms. The molecule has 0 unspecified atom stereocenters. The van der Waals surface area contributed by atoms with Gasteiger partial charge in [0.2, 0.25) is 5.91 Å². The van der Waals surface area contributed by atoms with Gasteiger partial charge in [-0.25, -0.2) is 4.98 Å². The summed E-state index contributed by atoms with van der Waals surface area (Å²) in [4.78, 5) is 15.1. The molecule has 0 atom stereocenters. The van der Waals surface area contributed by atoms with Crippen LogP contribution in [0.3, 0.4) is 0 Å². The third kappa shape index (κ3) is 1.70. The van der Waals surface area contributed by atoms with Gasteiger partial charge in [-0.3, -0.25) is 4.79 Å². The van der Waals surface area contributed by atoms with Gasteiger partial charge >= 0.3 is 0 Å². The number of amides is 1. The molecule has 0 radical (unpaired) electrons. The molecule has 0 saturated heterocycles. The lowest BCUT2D eigenvalue weighted by Gasteiger charge is -2.05. The molecule has 5 heteroatoms. The first-order valence-electron chi connectivity index (χ1n) is 4.03. The van der Waals surface area contributed by atoms with E-state index in [0.717, 1.165) is 30.4 Å². The van der Waals surface area contributed by atoms with Crippen LogP contribution in [-0.4, -0.2) is 10.9 Å². The van der Waals surface area contributed by atoms with E-state index in [9.17, 15) is 9.18 Å². The SMILES string of the molecule is CC1(C(=O)Nc2ncc(F)s2)CC1. The van der Waals surface area contributed by atoms with Crippen molar-refractivity contribution in [3.8, 4) is 0 Å². The largest absolute Gasteiger partial charge is 0.301 e. The number of carbonyl (C=O) groups is 1. The molecule has 3 nitrogen and oxygen atoms in total. The van der Waals surface area contributed by atoms with Crippen LogP contribution in [0.25, 0.3) is 0 Å². The number of rotatable bonds is 2. The summed E-state index contributed by atoms with van der Waals surface area (Å²) in [6, 6.07) is 0. The quantitative estimate of drug-likeness (QED) is 0.793. The van der Waals surface area contributed by atoms with Crippen molar-refractivity contribution in [1.29, 1.82) is 0 Å². The summed E-state index contributed by atoms with van der Waals surface area (Å²) in [6.45, 7) is 1.90. The van der Waals surface area contributed by atoms with Crippen LogP contribution in [0, 0.1) is 10.5 Å². The molecule has 0 bridgehead atoms. The highest BCUT2D eigenvalue weighted by Crippen LogP contribution is 2.45. The summed E-state index contributed by atoms with van der Waals surface area (Å²) in [5.74, 6) is -0.0538. The Hall–Kier alpha value is -0.970. The first-order chi connectivity index (χ1) is 6.10. The summed E-state index contributed by atoms with van der Waals surface area (Å²) in [5.41, 5.74) is -0.234. The highest BCUT2D eigenvalue weighted by molar-refractivity contribution is 7.14. The standard InChI is InChI=1S/C8H9FN2OS/c1-8(2-3-8)6(12)11-7-10-4-5(9)13-7/h4H,2-3H2,1H3,(H,10,11,12). The van der Waals surface area contributed by atoms with E-state index in [1.807, 2.05) is 6.92 Å². The average molecular weight is 200 g/mol. The maximum absolute atomic E-state index is 12.5. The molecule has 70 valence electrons. The molecule has 1 saturated carbocycles. The topological polar surface area (TPSA) is 42.0 Å². The average Bonchev–Trinajstić information content (AvgIpc) is 2.69. The van der Waals surface area contributed by atoms with Crippen molar-refractivity contribution >= 4 is 22.4 Å². The first-order valence-corrected chi connectivity index (χ1v) is 4.85. The smallest absolute Gasteiger partial charge is 0.232 e. The van der Waals surface area contributed by atoms with Crippen molar-refractivity contribution in [2.24, 2.45) is 5.41 Å². The molecule has 1 aliphatic rings. The number of hydrogen-bond acceptors (Lipinski definition) is 3. The maximum atomic E-state index is 12.5. The Morgan fingerprint density at radius 1 is 1.77 bits per heavy atom. The van der Waals surface area contributed by atoms with Gasteiger partial charge in [0.25, 0.3) is 0 Å². The molecule has 2 rings (SSSR count). The van der Waals surface area contributed by atoms with Crippen LogP contribution in [0.2, 0.25) is 0 Å². The lowest BCUT2D eigenvalue weighted by molar-refractivity contribution is -0.120. The molecular weight excluding hydrogens is 191 g/mol. The van der Waals surface area contributed by atoms with Crippen molar-refractivity contribution in [2.75, 3.05) is 5.32 Å². The Bertz CT molecular complexity index is 346. The second-order valence-electron chi connectivity index (χ2n) is 3.48. The lowest BCUT2D eigenvalue weighted by Crippen LogP contribution is -2.21. The van der Waals surface area contributed by atoms with Gasteiger partial charge in [-0.1, -0.05) is 18.3 Å². The summed E-state index contributed by atoms with van der Waals surface area (Å²) < 4.78 is 12.5. The van der Waals surface area contributed by atoms with Crippen LogP contribution in [0.4, 0.5) is 9.52 Å². The summed E-state index contributed by atoms with van der Waals surface area (Å²) in [7, 11) is 0. The van der Waals surface area contributed by atoms with Crippen LogP contribution in [-0.2, 0) is 4.79 Å². The third-order valence-electron chi connectivity index (χ3n) is 2.25. The van der Waals surface area contributed by atoms with Crippen molar-refractivity contribution < 1.29 is 9.18 Å². The number of nitrogens with zero attached hydrogens (tertiary/aromatic N) is 1. The minimum atomic E-state index is -0.378. The normalized spacial score (nSPS) is 18.3. The molecular formula is C8H9FN2OS. The molecule has 1 heterocycles. The predicted octanol–water partition coefficient (Wildman–Crippen LogP) is 2.02. The van der Waals surface area contributed by atoms with E-state index in [4.69, 9.17) is 0 Å². The van der Waals surface area contributed by atoms with Gasteiger partial charge in [-0.2, -0.15) is 4.39 Å². The van der Waals surface area contributed by atoms with E-state index in [0.29, 0.717) is 5.13 Å². The number of carbonyl (C=O) groups excluding carboxylic acids is 1. The van der Waals surface area contributed by atoms with Crippen molar-refractivity contribution in [3.05, 3.63) is 11.3 Å². The zero-order valence-corrected chi connectivity index (χ0v) is 7.95. The van der Waals surface area contributed by atoms with E-state index in [1.165, 1.54) is 0 Å². The van der Waals surface area contributed by atoms with Crippen LogP contribution in [0.5, 0.6) is 0 Å². The second kappa shape index (κ2) is 2.77. The minimum absolute atomic E-state index is 0.0538. The molecule has 0 spiro atoms. The number of halogens is 1. The summed E-state index contributed by atoms with van der Waals surface area (Å²) in [5, 5.41) is 2.56. The number of thiazole rings is 1. The van der Waals surface area contributed by atoms with Gasteiger partial charge in [-0.15, -0.1) is 0 Å². The number of nitrogens with one attached hydrogen (secondary N) is 1. The highest BCUT2D eigenvalue weighted by Gasteiger charge is 2.45. The predicted molar refractivity (Wildman–Crippen MR) is 48.0 cm³/mol. The van der Waals surface area contributed by atoms with E-state index in [-0.39, 0.29) is 16.5 Å². The van der Waals surface area contributed by atoms with E-state index in [2.05, 4.69) is 10.3 Å². The fourth-order valence-electron chi connectivity index (χ4n) is 0.975. The molecule has 0 aliphatic heterocycles. The van der Waals surface area contributed by atoms with E-state index >= 15 is 0 Å². The Labute approximate surface area is 79.0 Å². The van der Waals surface area contributed by atoms with Gasteiger partial charge in [0, 0.05) is 5.41 Å². The second-order valence-corrected chi connectivity index (χ2v) is 4.47. The van der Waals surface area contributed by atoms with Gasteiger partial charge in [-0.05, 0) is 12.8 Å².